The Morgan fingerprint density at radius 1 is 1.38 bits per heavy atom. The van der Waals surface area contributed by atoms with Crippen LogP contribution in [0.3, 0.4) is 0 Å². The van der Waals surface area contributed by atoms with E-state index in [1.54, 1.807) is 22.5 Å². The first-order valence-corrected chi connectivity index (χ1v) is 9.77. The Balaban J connectivity index is 1.79. The van der Waals surface area contributed by atoms with Crippen LogP contribution in [0.4, 0.5) is 4.79 Å². The average Bonchev–Trinajstić information content (AvgIpc) is 3.28. The van der Waals surface area contributed by atoms with E-state index in [9.17, 15) is 14.7 Å². The lowest BCUT2D eigenvalue weighted by Gasteiger charge is -2.31. The molecule has 4 rings (SSSR count). The van der Waals surface area contributed by atoms with Gasteiger partial charge in [-0.05, 0) is 51.8 Å². The Labute approximate surface area is 172 Å². The van der Waals surface area contributed by atoms with E-state index in [1.165, 1.54) is 10.6 Å². The zero-order valence-electron chi connectivity index (χ0n) is 16.7. The molecule has 1 aromatic carbocycles. The van der Waals surface area contributed by atoms with Gasteiger partial charge in [0.1, 0.15) is 11.8 Å². The Morgan fingerprint density at radius 3 is 2.69 bits per heavy atom. The summed E-state index contributed by atoms with van der Waals surface area (Å²) in [5, 5.41) is 23.3. The number of aromatic hydroxyl groups is 1. The molecular weight excluding hydrogens is 394 g/mol. The summed E-state index contributed by atoms with van der Waals surface area (Å²) in [5.74, 6) is -0.195. The van der Waals surface area contributed by atoms with Crippen molar-refractivity contribution in [1.82, 2.24) is 19.4 Å². The van der Waals surface area contributed by atoms with Gasteiger partial charge < -0.3 is 15.3 Å². The maximum Gasteiger partial charge on any atom is 0.336 e. The smallest absolute Gasteiger partial charge is 0.336 e. The molecular formula is C20H22ClN5O3. The fourth-order valence-corrected chi connectivity index (χ4v) is 4.49. The van der Waals surface area contributed by atoms with E-state index in [0.29, 0.717) is 35.5 Å². The van der Waals surface area contributed by atoms with Crippen LogP contribution < -0.4 is 11.0 Å². The fourth-order valence-electron chi connectivity index (χ4n) is 4.28. The third-order valence-electron chi connectivity index (χ3n) is 5.52. The number of nitrogens with zero attached hydrogens (tertiary/aromatic N) is 4. The Bertz CT molecular complexity index is 1130. The minimum absolute atomic E-state index is 0.186. The number of nitrogens with one attached hydrogen (secondary N) is 1. The van der Waals surface area contributed by atoms with Crippen LogP contribution in [-0.2, 0) is 0 Å². The quantitative estimate of drug-likeness (QED) is 0.747. The van der Waals surface area contributed by atoms with Crippen molar-refractivity contribution in [1.29, 1.82) is 5.26 Å². The maximum absolute atomic E-state index is 13.1. The summed E-state index contributed by atoms with van der Waals surface area (Å²) in [6.07, 6.45) is 0.601. The minimum atomic E-state index is -0.386. The third-order valence-corrected chi connectivity index (χ3v) is 6.01. The first-order chi connectivity index (χ1) is 13.5. The highest BCUT2D eigenvalue weighted by molar-refractivity contribution is 6.32. The lowest BCUT2D eigenvalue weighted by molar-refractivity contribution is 0.175. The van der Waals surface area contributed by atoms with Crippen LogP contribution in [0.2, 0.25) is 5.02 Å². The molecule has 1 aromatic heterocycles. The van der Waals surface area contributed by atoms with Crippen LogP contribution >= 0.6 is 11.6 Å². The van der Waals surface area contributed by atoms with Gasteiger partial charge in [-0.3, -0.25) is 4.57 Å². The van der Waals surface area contributed by atoms with E-state index < -0.39 is 0 Å². The highest BCUT2D eigenvalue weighted by Crippen LogP contribution is 2.48. The summed E-state index contributed by atoms with van der Waals surface area (Å²) in [5.41, 5.74) is 0.936. The Hall–Kier alpha value is -2.92. The molecule has 2 amide bonds. The number of rotatable bonds is 1. The number of benzene rings is 1. The van der Waals surface area contributed by atoms with E-state index >= 15 is 0 Å². The molecule has 2 atom stereocenters. The molecule has 0 saturated carbocycles. The largest absolute Gasteiger partial charge is 0.493 e. The first kappa shape index (κ1) is 19.4. The predicted octanol–water partition coefficient (Wildman–Crippen LogP) is 2.99. The van der Waals surface area contributed by atoms with Gasteiger partial charge in [0.15, 0.2) is 0 Å². The molecule has 2 aliphatic rings. The number of carbonyl (C=O) groups is 1. The van der Waals surface area contributed by atoms with Gasteiger partial charge in [0.2, 0.25) is 5.88 Å². The van der Waals surface area contributed by atoms with Gasteiger partial charge in [0.05, 0.1) is 28.4 Å². The number of hydrogen-bond donors (Lipinski definition) is 2. The molecule has 0 aliphatic carbocycles. The molecule has 0 spiro atoms. The molecule has 2 aliphatic heterocycles. The van der Waals surface area contributed by atoms with Crippen molar-refractivity contribution in [2.45, 2.75) is 51.7 Å². The van der Waals surface area contributed by atoms with Crippen molar-refractivity contribution in [3.63, 3.8) is 0 Å². The third kappa shape index (κ3) is 2.80. The average molecular weight is 416 g/mol. The molecule has 2 aromatic rings. The number of aromatic nitrogens is 2. The summed E-state index contributed by atoms with van der Waals surface area (Å²) in [4.78, 5) is 27.5. The summed E-state index contributed by atoms with van der Waals surface area (Å²) >= 11 is 6.26. The second kappa shape index (κ2) is 6.29. The number of hydrogen-bond acceptors (Lipinski definition) is 4. The Morgan fingerprint density at radius 2 is 2.07 bits per heavy atom. The SMILES string of the molecule is Cc1c(-n2c(O)c3n(c2=O)[C@@H]2CC3N(C(=O)NC(C)(C)C)C2)ccc(C#N)c1Cl. The van der Waals surface area contributed by atoms with Crippen LogP contribution in [0.15, 0.2) is 16.9 Å². The monoisotopic (exact) mass is 415 g/mol. The summed E-state index contributed by atoms with van der Waals surface area (Å²) in [6, 6.07) is 4.36. The molecule has 0 radical (unpaired) electrons. The molecule has 2 N–H and O–H groups in total. The molecule has 1 unspecified atom stereocenters. The molecule has 1 saturated heterocycles. The van der Waals surface area contributed by atoms with Crippen molar-refractivity contribution < 1.29 is 9.90 Å². The number of halogens is 1. The molecule has 29 heavy (non-hydrogen) atoms. The number of nitriles is 1. The predicted molar refractivity (Wildman–Crippen MR) is 108 cm³/mol. The summed E-state index contributed by atoms with van der Waals surface area (Å²) < 4.78 is 2.79. The zero-order valence-corrected chi connectivity index (χ0v) is 17.4. The van der Waals surface area contributed by atoms with Gasteiger partial charge in [0.25, 0.3) is 0 Å². The van der Waals surface area contributed by atoms with Crippen molar-refractivity contribution in [3.8, 4) is 17.6 Å². The second-order valence-corrected chi connectivity index (χ2v) is 9.00. The van der Waals surface area contributed by atoms with Crippen molar-refractivity contribution in [3.05, 3.63) is 44.5 Å². The highest BCUT2D eigenvalue weighted by atomic mass is 35.5. The number of imidazole rings is 1. The van der Waals surface area contributed by atoms with E-state index in [4.69, 9.17) is 16.9 Å². The molecule has 2 bridgehead atoms. The number of likely N-dealkylation sites (tertiary alicyclic amines) is 1. The first-order valence-electron chi connectivity index (χ1n) is 9.39. The second-order valence-electron chi connectivity index (χ2n) is 8.62. The molecule has 152 valence electrons. The van der Waals surface area contributed by atoms with Gasteiger partial charge in [-0.25, -0.2) is 14.2 Å². The lowest BCUT2D eigenvalue weighted by atomic mass is 10.1. The van der Waals surface area contributed by atoms with Crippen LogP contribution in [0.5, 0.6) is 5.88 Å². The minimum Gasteiger partial charge on any atom is -0.493 e. The van der Waals surface area contributed by atoms with Crippen molar-refractivity contribution >= 4 is 17.6 Å². The van der Waals surface area contributed by atoms with Gasteiger partial charge in [-0.2, -0.15) is 5.26 Å². The topological polar surface area (TPSA) is 103 Å². The van der Waals surface area contributed by atoms with E-state index in [0.717, 1.165) is 0 Å². The number of fused-ring (bicyclic) bond motifs is 5. The number of carbonyl (C=O) groups excluding carboxylic acids is 1. The molecule has 3 heterocycles. The fraction of sp³-hybridized carbons (Fsp3) is 0.450. The van der Waals surface area contributed by atoms with Crippen LogP contribution in [0.25, 0.3) is 5.69 Å². The number of urea groups is 1. The normalized spacial score (nSPS) is 19.9. The van der Waals surface area contributed by atoms with Crippen molar-refractivity contribution in [2.75, 3.05) is 6.54 Å². The highest BCUT2D eigenvalue weighted by Gasteiger charge is 2.49. The maximum atomic E-state index is 13.1. The number of amides is 2. The van der Waals surface area contributed by atoms with E-state index in [1.807, 2.05) is 26.8 Å². The standard InChI is InChI=1S/C20H22ClN5O3/c1-10-13(6-5-11(8-22)15(10)21)26-17(27)16-14-7-12(25(16)19(26)29)9-24(14)18(28)23-20(2,3)4/h5-6,12,14,27H,7,9H2,1-4H3,(H,23,28)/t12-,14?/m1/s1. The summed E-state index contributed by atoms with van der Waals surface area (Å²) in [6.45, 7) is 7.82. The van der Waals surface area contributed by atoms with E-state index in [-0.39, 0.29) is 40.2 Å². The van der Waals surface area contributed by atoms with Crippen LogP contribution in [-0.4, -0.2) is 37.3 Å². The van der Waals surface area contributed by atoms with Crippen molar-refractivity contribution in [2.24, 2.45) is 0 Å². The van der Waals surface area contributed by atoms with E-state index in [2.05, 4.69) is 5.32 Å². The van der Waals surface area contributed by atoms with Gasteiger partial charge in [-0.1, -0.05) is 11.6 Å². The molecule has 8 nitrogen and oxygen atoms in total. The molecule has 1 fully saturated rings. The van der Waals surface area contributed by atoms with Crippen LogP contribution in [0.1, 0.15) is 56.1 Å². The van der Waals surface area contributed by atoms with Crippen LogP contribution in [0, 0.1) is 18.3 Å². The van der Waals surface area contributed by atoms with Gasteiger partial charge in [0, 0.05) is 12.1 Å². The van der Waals surface area contributed by atoms with Gasteiger partial charge in [-0.15, -0.1) is 0 Å². The summed E-state index contributed by atoms with van der Waals surface area (Å²) in [7, 11) is 0. The lowest BCUT2D eigenvalue weighted by Crippen LogP contribution is -2.49. The Kier molecular flexibility index (Phi) is 4.21. The molecule has 9 heteroatoms. The zero-order chi connectivity index (χ0) is 21.2. The van der Waals surface area contributed by atoms with Gasteiger partial charge >= 0.3 is 11.7 Å².